The Hall–Kier alpha value is -2.70. The summed E-state index contributed by atoms with van der Waals surface area (Å²) in [5.41, 5.74) is 8.63. The van der Waals surface area contributed by atoms with Gasteiger partial charge in [-0.25, -0.2) is 4.79 Å². The smallest absolute Gasteiger partial charge is 0.410 e. The maximum absolute atomic E-state index is 12.3. The summed E-state index contributed by atoms with van der Waals surface area (Å²) in [7, 11) is 1.59. The second-order valence-corrected chi connectivity index (χ2v) is 7.07. The molecular formula is C18H24N4O3. The van der Waals surface area contributed by atoms with Crippen LogP contribution in [0.2, 0.25) is 0 Å². The SMILES string of the molecule is COc1c(N)cccc1-c1cc2n(n1)CCN(C(=O)OC(C)(C)C)C2. The van der Waals surface area contributed by atoms with Gasteiger partial charge in [-0.15, -0.1) is 0 Å². The molecule has 0 atom stereocenters. The van der Waals surface area contributed by atoms with E-state index in [4.69, 9.17) is 15.2 Å². The number of carbonyl (C=O) groups is 1. The third-order valence-electron chi connectivity index (χ3n) is 3.98. The number of nitrogen functional groups attached to an aromatic ring is 1. The van der Waals surface area contributed by atoms with Crippen LogP contribution in [0.25, 0.3) is 11.3 Å². The third-order valence-corrected chi connectivity index (χ3v) is 3.98. The van der Waals surface area contributed by atoms with Gasteiger partial charge >= 0.3 is 6.09 Å². The van der Waals surface area contributed by atoms with Gasteiger partial charge in [0.2, 0.25) is 0 Å². The number of rotatable bonds is 2. The van der Waals surface area contributed by atoms with E-state index in [1.807, 2.05) is 43.7 Å². The van der Waals surface area contributed by atoms with Crippen LogP contribution in [0.4, 0.5) is 10.5 Å². The summed E-state index contributed by atoms with van der Waals surface area (Å²) in [6.45, 7) is 7.25. The summed E-state index contributed by atoms with van der Waals surface area (Å²) in [5.74, 6) is 0.613. The minimum Gasteiger partial charge on any atom is -0.494 e. The lowest BCUT2D eigenvalue weighted by Gasteiger charge is -2.30. The van der Waals surface area contributed by atoms with Gasteiger partial charge in [0.05, 0.1) is 37.3 Å². The number of nitrogens with two attached hydrogens (primary N) is 1. The molecule has 2 N–H and O–H groups in total. The molecule has 25 heavy (non-hydrogen) atoms. The first kappa shape index (κ1) is 17.1. The number of fused-ring (bicyclic) bond motifs is 1. The van der Waals surface area contributed by atoms with Gasteiger partial charge in [0, 0.05) is 12.1 Å². The first-order valence-corrected chi connectivity index (χ1v) is 8.26. The number of anilines is 1. The van der Waals surface area contributed by atoms with Gasteiger partial charge in [0.15, 0.2) is 5.75 Å². The Bertz CT molecular complexity index is 792. The van der Waals surface area contributed by atoms with Crippen LogP contribution in [0.3, 0.4) is 0 Å². The molecule has 1 amide bonds. The lowest BCUT2D eigenvalue weighted by atomic mass is 10.1. The van der Waals surface area contributed by atoms with Crippen LogP contribution in [-0.4, -0.2) is 40.0 Å². The van der Waals surface area contributed by atoms with E-state index in [0.29, 0.717) is 31.1 Å². The molecule has 0 unspecified atom stereocenters. The Morgan fingerprint density at radius 2 is 2.04 bits per heavy atom. The number of amides is 1. The first-order valence-electron chi connectivity index (χ1n) is 8.26. The van der Waals surface area contributed by atoms with E-state index >= 15 is 0 Å². The van der Waals surface area contributed by atoms with Crippen molar-refractivity contribution in [1.29, 1.82) is 0 Å². The molecular weight excluding hydrogens is 320 g/mol. The molecule has 2 aromatic rings. The monoisotopic (exact) mass is 344 g/mol. The molecule has 3 rings (SSSR count). The fourth-order valence-electron chi connectivity index (χ4n) is 2.86. The zero-order valence-electron chi connectivity index (χ0n) is 15.1. The van der Waals surface area contributed by atoms with Gasteiger partial charge in [-0.3, -0.25) is 4.68 Å². The van der Waals surface area contributed by atoms with Gasteiger partial charge in [0.25, 0.3) is 0 Å². The van der Waals surface area contributed by atoms with Crippen molar-refractivity contribution in [3.8, 4) is 17.0 Å². The summed E-state index contributed by atoms with van der Waals surface area (Å²) in [5, 5.41) is 4.64. The second kappa shape index (κ2) is 6.31. The molecule has 0 radical (unpaired) electrons. The van der Waals surface area contributed by atoms with E-state index in [9.17, 15) is 4.79 Å². The molecule has 0 aliphatic carbocycles. The Morgan fingerprint density at radius 1 is 1.28 bits per heavy atom. The van der Waals surface area contributed by atoms with E-state index in [2.05, 4.69) is 5.10 Å². The van der Waals surface area contributed by atoms with Gasteiger partial charge in [0.1, 0.15) is 5.60 Å². The molecule has 0 spiro atoms. The van der Waals surface area contributed by atoms with Crippen molar-refractivity contribution in [2.45, 2.75) is 39.5 Å². The summed E-state index contributed by atoms with van der Waals surface area (Å²) in [6.07, 6.45) is -0.303. The van der Waals surface area contributed by atoms with Crippen LogP contribution in [0.5, 0.6) is 5.75 Å². The molecule has 0 saturated carbocycles. The third kappa shape index (κ3) is 3.55. The molecule has 1 aliphatic rings. The Morgan fingerprint density at radius 3 is 2.72 bits per heavy atom. The molecule has 0 bridgehead atoms. The van der Waals surface area contributed by atoms with E-state index < -0.39 is 5.60 Å². The highest BCUT2D eigenvalue weighted by molar-refractivity contribution is 5.75. The Kier molecular flexibility index (Phi) is 4.32. The van der Waals surface area contributed by atoms with Crippen molar-refractivity contribution in [2.24, 2.45) is 0 Å². The van der Waals surface area contributed by atoms with Crippen molar-refractivity contribution in [1.82, 2.24) is 14.7 Å². The summed E-state index contributed by atoms with van der Waals surface area (Å²) >= 11 is 0. The van der Waals surface area contributed by atoms with Crippen molar-refractivity contribution in [3.05, 3.63) is 30.0 Å². The predicted molar refractivity (Wildman–Crippen MR) is 95.3 cm³/mol. The average molecular weight is 344 g/mol. The highest BCUT2D eigenvalue weighted by Gasteiger charge is 2.27. The molecule has 0 saturated heterocycles. The molecule has 1 aromatic heterocycles. The topological polar surface area (TPSA) is 82.6 Å². The van der Waals surface area contributed by atoms with Crippen LogP contribution in [0.15, 0.2) is 24.3 Å². The fourth-order valence-corrected chi connectivity index (χ4v) is 2.86. The molecule has 1 aliphatic heterocycles. The van der Waals surface area contributed by atoms with Crippen LogP contribution in [-0.2, 0) is 17.8 Å². The maximum atomic E-state index is 12.3. The van der Waals surface area contributed by atoms with Crippen LogP contribution >= 0.6 is 0 Å². The molecule has 134 valence electrons. The molecule has 1 aromatic carbocycles. The maximum Gasteiger partial charge on any atom is 0.410 e. The lowest BCUT2D eigenvalue weighted by Crippen LogP contribution is -2.41. The van der Waals surface area contributed by atoms with Crippen LogP contribution < -0.4 is 10.5 Å². The highest BCUT2D eigenvalue weighted by atomic mass is 16.6. The van der Waals surface area contributed by atoms with Crippen LogP contribution in [0, 0.1) is 0 Å². The minimum absolute atomic E-state index is 0.303. The number of aromatic nitrogens is 2. The number of hydrogen-bond donors (Lipinski definition) is 1. The first-order chi connectivity index (χ1) is 11.8. The van der Waals surface area contributed by atoms with Crippen molar-refractivity contribution < 1.29 is 14.3 Å². The highest BCUT2D eigenvalue weighted by Crippen LogP contribution is 2.34. The standard InChI is InChI=1S/C18H24N4O3/c1-18(2,3)25-17(23)21-8-9-22-12(11-21)10-15(20-22)13-6-5-7-14(19)16(13)24-4/h5-7,10H,8-9,11,19H2,1-4H3. The Balaban J connectivity index is 1.85. The number of nitrogens with zero attached hydrogens (tertiary/aromatic N) is 3. The number of methoxy groups -OCH3 is 1. The number of benzene rings is 1. The van der Waals surface area contributed by atoms with Gasteiger partial charge in [-0.1, -0.05) is 6.07 Å². The predicted octanol–water partition coefficient (Wildman–Crippen LogP) is 2.89. The normalized spacial score (nSPS) is 14.2. The largest absolute Gasteiger partial charge is 0.494 e. The average Bonchev–Trinajstić information content (AvgIpc) is 2.95. The quantitative estimate of drug-likeness (QED) is 0.847. The second-order valence-electron chi connectivity index (χ2n) is 7.07. The van der Waals surface area contributed by atoms with Gasteiger partial charge in [-0.05, 0) is 39.0 Å². The summed E-state index contributed by atoms with van der Waals surface area (Å²) < 4.78 is 12.8. The van der Waals surface area contributed by atoms with E-state index in [-0.39, 0.29) is 6.09 Å². The lowest BCUT2D eigenvalue weighted by molar-refractivity contribution is 0.0194. The number of para-hydroxylation sites is 1. The minimum atomic E-state index is -0.505. The summed E-state index contributed by atoms with van der Waals surface area (Å²) in [6, 6.07) is 7.56. The van der Waals surface area contributed by atoms with E-state index in [1.54, 1.807) is 18.1 Å². The van der Waals surface area contributed by atoms with E-state index in [0.717, 1.165) is 17.0 Å². The van der Waals surface area contributed by atoms with E-state index in [1.165, 1.54) is 0 Å². The van der Waals surface area contributed by atoms with Crippen LogP contribution in [0.1, 0.15) is 26.5 Å². The van der Waals surface area contributed by atoms with Gasteiger partial charge < -0.3 is 20.1 Å². The molecule has 2 heterocycles. The number of carbonyl (C=O) groups excluding carboxylic acids is 1. The molecule has 0 fully saturated rings. The molecule has 7 nitrogen and oxygen atoms in total. The van der Waals surface area contributed by atoms with Crippen molar-refractivity contribution >= 4 is 11.8 Å². The number of ether oxygens (including phenoxy) is 2. The van der Waals surface area contributed by atoms with Gasteiger partial charge in [-0.2, -0.15) is 5.10 Å². The molecule has 7 heteroatoms. The Labute approximate surface area is 147 Å². The number of hydrogen-bond acceptors (Lipinski definition) is 5. The summed E-state index contributed by atoms with van der Waals surface area (Å²) in [4.78, 5) is 14.0. The fraction of sp³-hybridized carbons (Fsp3) is 0.444. The van der Waals surface area contributed by atoms with Crippen molar-refractivity contribution in [2.75, 3.05) is 19.4 Å². The zero-order chi connectivity index (χ0) is 18.2. The van der Waals surface area contributed by atoms with Crippen molar-refractivity contribution in [3.63, 3.8) is 0 Å². The zero-order valence-corrected chi connectivity index (χ0v) is 15.1.